The predicted molar refractivity (Wildman–Crippen MR) is 81.6 cm³/mol. The average Bonchev–Trinajstić information content (AvgIpc) is 2.61. The number of halogens is 2. The minimum absolute atomic E-state index is 0.149. The number of carbonyl (C=O) groups excluding carboxylic acids is 1. The van der Waals surface area contributed by atoms with Crippen molar-refractivity contribution in [2.75, 3.05) is 6.54 Å². The molecule has 1 fully saturated rings. The standard InChI is InChI=1S/C12H7BrFNO3S2/c13-7-2-1-3-8(14)6(7)4-9-11(18)15(5-10(16)17)12(19)20-9/h1-4H,5H2,(H,16,17)/b9-4-. The van der Waals surface area contributed by atoms with Gasteiger partial charge in [-0.25, -0.2) is 4.39 Å². The van der Waals surface area contributed by atoms with Gasteiger partial charge in [0.1, 0.15) is 16.7 Å². The van der Waals surface area contributed by atoms with Crippen molar-refractivity contribution in [1.82, 2.24) is 4.90 Å². The Morgan fingerprint density at radius 1 is 1.55 bits per heavy atom. The van der Waals surface area contributed by atoms with Gasteiger partial charge >= 0.3 is 5.97 Å². The second kappa shape index (κ2) is 6.02. The van der Waals surface area contributed by atoms with Crippen LogP contribution < -0.4 is 0 Å². The molecule has 1 amide bonds. The maximum Gasteiger partial charge on any atom is 0.323 e. The average molecular weight is 376 g/mol. The molecule has 0 aromatic heterocycles. The Morgan fingerprint density at radius 2 is 2.25 bits per heavy atom. The summed E-state index contributed by atoms with van der Waals surface area (Å²) in [5, 5.41) is 8.72. The van der Waals surface area contributed by atoms with Crippen LogP contribution in [0, 0.1) is 5.82 Å². The van der Waals surface area contributed by atoms with Gasteiger partial charge in [-0.2, -0.15) is 0 Å². The monoisotopic (exact) mass is 375 g/mol. The Labute approximate surface area is 131 Å². The molecule has 2 rings (SSSR count). The van der Waals surface area contributed by atoms with E-state index >= 15 is 0 Å². The molecule has 0 atom stereocenters. The van der Waals surface area contributed by atoms with Gasteiger partial charge in [0.2, 0.25) is 0 Å². The third-order valence-electron chi connectivity index (χ3n) is 2.44. The van der Waals surface area contributed by atoms with Gasteiger partial charge in [0.15, 0.2) is 0 Å². The minimum Gasteiger partial charge on any atom is -0.480 e. The summed E-state index contributed by atoms with van der Waals surface area (Å²) in [6.07, 6.45) is 1.36. The molecule has 1 heterocycles. The van der Waals surface area contributed by atoms with E-state index in [1.54, 1.807) is 6.07 Å². The lowest BCUT2D eigenvalue weighted by Crippen LogP contribution is -2.33. The zero-order valence-electron chi connectivity index (χ0n) is 9.80. The van der Waals surface area contributed by atoms with Gasteiger partial charge in [0.25, 0.3) is 5.91 Å². The molecular formula is C12H7BrFNO3S2. The normalized spacial score (nSPS) is 17.1. The molecule has 0 radical (unpaired) electrons. The van der Waals surface area contributed by atoms with Crippen LogP contribution in [0.1, 0.15) is 5.56 Å². The Morgan fingerprint density at radius 3 is 2.85 bits per heavy atom. The van der Waals surface area contributed by atoms with E-state index in [0.717, 1.165) is 16.7 Å². The Balaban J connectivity index is 2.35. The van der Waals surface area contributed by atoms with Crippen molar-refractivity contribution in [3.05, 3.63) is 39.0 Å². The molecule has 0 spiro atoms. The van der Waals surface area contributed by atoms with E-state index in [1.165, 1.54) is 18.2 Å². The number of thioether (sulfide) groups is 1. The van der Waals surface area contributed by atoms with E-state index < -0.39 is 24.2 Å². The molecule has 20 heavy (non-hydrogen) atoms. The summed E-state index contributed by atoms with van der Waals surface area (Å²) in [5.41, 5.74) is 0.225. The number of carboxylic acids is 1. The fourth-order valence-electron chi connectivity index (χ4n) is 1.55. The lowest BCUT2D eigenvalue weighted by molar-refractivity contribution is -0.140. The number of thiocarbonyl (C=S) groups is 1. The number of hydrogen-bond acceptors (Lipinski definition) is 4. The third-order valence-corrected chi connectivity index (χ3v) is 4.51. The van der Waals surface area contributed by atoms with E-state index in [0.29, 0.717) is 4.47 Å². The Kier molecular flexibility index (Phi) is 4.56. The number of benzene rings is 1. The molecule has 1 aliphatic heterocycles. The first-order chi connectivity index (χ1) is 9.40. The van der Waals surface area contributed by atoms with Gasteiger partial charge < -0.3 is 5.11 Å². The van der Waals surface area contributed by atoms with Crippen molar-refractivity contribution in [2.45, 2.75) is 0 Å². The SMILES string of the molecule is O=C(O)CN1C(=O)/C(=C/c2c(F)cccc2Br)SC1=S. The highest BCUT2D eigenvalue weighted by molar-refractivity contribution is 9.10. The summed E-state index contributed by atoms with van der Waals surface area (Å²) >= 11 is 9.11. The number of amides is 1. The zero-order valence-corrected chi connectivity index (χ0v) is 13.0. The first kappa shape index (κ1) is 15.1. The lowest BCUT2D eigenvalue weighted by Gasteiger charge is -2.10. The number of carboxylic acid groups (broad SMARTS) is 1. The lowest BCUT2D eigenvalue weighted by atomic mass is 10.2. The molecule has 0 bridgehead atoms. The number of rotatable bonds is 3. The Bertz CT molecular complexity index is 627. The molecule has 8 heteroatoms. The van der Waals surface area contributed by atoms with Crippen LogP contribution in [0.2, 0.25) is 0 Å². The van der Waals surface area contributed by atoms with Crippen LogP contribution in [0.25, 0.3) is 6.08 Å². The van der Waals surface area contributed by atoms with Crippen molar-refractivity contribution in [1.29, 1.82) is 0 Å². The highest BCUT2D eigenvalue weighted by atomic mass is 79.9. The van der Waals surface area contributed by atoms with E-state index in [4.69, 9.17) is 17.3 Å². The molecule has 1 aromatic rings. The number of nitrogens with zero attached hydrogens (tertiary/aromatic N) is 1. The molecule has 0 unspecified atom stereocenters. The molecule has 0 aliphatic carbocycles. The first-order valence-corrected chi connectivity index (χ1v) is 7.33. The second-order valence-electron chi connectivity index (χ2n) is 3.80. The van der Waals surface area contributed by atoms with E-state index in [1.807, 2.05) is 0 Å². The fourth-order valence-corrected chi connectivity index (χ4v) is 3.24. The first-order valence-electron chi connectivity index (χ1n) is 5.31. The van der Waals surface area contributed by atoms with E-state index in [-0.39, 0.29) is 14.8 Å². The summed E-state index contributed by atoms with van der Waals surface area (Å²) < 4.78 is 14.3. The molecule has 1 N–H and O–H groups in total. The quantitative estimate of drug-likeness (QED) is 0.650. The number of aliphatic carboxylic acids is 1. The summed E-state index contributed by atoms with van der Waals surface area (Å²) in [5.74, 6) is -2.17. The van der Waals surface area contributed by atoms with Crippen molar-refractivity contribution >= 4 is 62.2 Å². The van der Waals surface area contributed by atoms with E-state index in [9.17, 15) is 14.0 Å². The summed E-state index contributed by atoms with van der Waals surface area (Å²) in [4.78, 5) is 23.9. The molecular weight excluding hydrogens is 369 g/mol. The van der Waals surface area contributed by atoms with Crippen LogP contribution >= 0.6 is 39.9 Å². The third kappa shape index (κ3) is 3.08. The van der Waals surface area contributed by atoms with Crippen LogP contribution in [-0.2, 0) is 9.59 Å². The summed E-state index contributed by atoms with van der Waals surface area (Å²) in [6.45, 7) is -0.500. The molecule has 1 aliphatic rings. The fraction of sp³-hybridized carbons (Fsp3) is 0.0833. The van der Waals surface area contributed by atoms with Crippen LogP contribution in [0.4, 0.5) is 4.39 Å². The molecule has 1 aromatic carbocycles. The van der Waals surface area contributed by atoms with Crippen LogP contribution in [-0.4, -0.2) is 32.7 Å². The smallest absolute Gasteiger partial charge is 0.323 e. The molecule has 104 valence electrons. The Hall–Kier alpha value is -1.25. The number of carbonyl (C=O) groups is 2. The van der Waals surface area contributed by atoms with Crippen molar-refractivity contribution in [3.8, 4) is 0 Å². The van der Waals surface area contributed by atoms with Gasteiger partial charge in [-0.1, -0.05) is 46.0 Å². The van der Waals surface area contributed by atoms with Gasteiger partial charge in [-0.15, -0.1) is 0 Å². The minimum atomic E-state index is -1.16. The largest absolute Gasteiger partial charge is 0.480 e. The van der Waals surface area contributed by atoms with Crippen molar-refractivity contribution < 1.29 is 19.1 Å². The van der Waals surface area contributed by atoms with Crippen LogP contribution in [0.15, 0.2) is 27.6 Å². The maximum atomic E-state index is 13.7. The summed E-state index contributed by atoms with van der Waals surface area (Å²) in [7, 11) is 0. The molecule has 0 saturated carbocycles. The highest BCUT2D eigenvalue weighted by Gasteiger charge is 2.33. The predicted octanol–water partition coefficient (Wildman–Crippen LogP) is 2.87. The van der Waals surface area contributed by atoms with Crippen molar-refractivity contribution in [3.63, 3.8) is 0 Å². The van der Waals surface area contributed by atoms with Gasteiger partial charge in [0.05, 0.1) is 4.91 Å². The topological polar surface area (TPSA) is 57.6 Å². The maximum absolute atomic E-state index is 13.7. The van der Waals surface area contributed by atoms with E-state index in [2.05, 4.69) is 15.9 Å². The summed E-state index contributed by atoms with van der Waals surface area (Å²) in [6, 6.07) is 4.45. The van der Waals surface area contributed by atoms with Gasteiger partial charge in [-0.05, 0) is 18.2 Å². The molecule has 4 nitrogen and oxygen atoms in total. The zero-order chi connectivity index (χ0) is 14.9. The second-order valence-corrected chi connectivity index (χ2v) is 6.33. The highest BCUT2D eigenvalue weighted by Crippen LogP contribution is 2.34. The van der Waals surface area contributed by atoms with Crippen LogP contribution in [0.5, 0.6) is 0 Å². The van der Waals surface area contributed by atoms with Crippen LogP contribution in [0.3, 0.4) is 0 Å². The van der Waals surface area contributed by atoms with Crippen molar-refractivity contribution in [2.24, 2.45) is 0 Å². The molecule has 1 saturated heterocycles. The number of hydrogen-bond donors (Lipinski definition) is 1. The van der Waals surface area contributed by atoms with Gasteiger partial charge in [-0.3, -0.25) is 14.5 Å². The van der Waals surface area contributed by atoms with Gasteiger partial charge in [0, 0.05) is 10.0 Å².